The van der Waals surface area contributed by atoms with E-state index in [0.717, 1.165) is 11.3 Å². The Morgan fingerprint density at radius 3 is 1.74 bits per heavy atom. The molecule has 0 spiro atoms. The van der Waals surface area contributed by atoms with Crippen molar-refractivity contribution in [1.29, 1.82) is 0 Å². The molecule has 0 aliphatic carbocycles. The lowest BCUT2D eigenvalue weighted by atomic mass is 10.4. The van der Waals surface area contributed by atoms with E-state index in [0.29, 0.717) is 5.88 Å². The summed E-state index contributed by atoms with van der Waals surface area (Å²) in [4.78, 5) is 4.10. The molecule has 0 radical (unpaired) electrons. The molecule has 0 aliphatic rings. The van der Waals surface area contributed by atoms with Crippen molar-refractivity contribution in [3.05, 3.63) is 61.3 Å². The Balaban J connectivity index is -0.000000361. The van der Waals surface area contributed by atoms with E-state index in [1.807, 2.05) is 53.7 Å². The van der Waals surface area contributed by atoms with Crippen LogP contribution < -0.4 is 0 Å². The van der Waals surface area contributed by atoms with Crippen LogP contribution in [0.15, 0.2) is 66.2 Å². The molecule has 0 saturated carbocycles. The van der Waals surface area contributed by atoms with Crippen molar-refractivity contribution in [2.24, 2.45) is 4.99 Å². The summed E-state index contributed by atoms with van der Waals surface area (Å²) < 4.78 is 5.38. The van der Waals surface area contributed by atoms with E-state index in [2.05, 4.69) is 24.7 Å². The Kier molecular flexibility index (Phi) is 21.8. The van der Waals surface area contributed by atoms with Crippen molar-refractivity contribution in [2.45, 2.75) is 41.5 Å². The highest BCUT2D eigenvalue weighted by molar-refractivity contribution is 5.77. The van der Waals surface area contributed by atoms with Gasteiger partial charge in [0, 0.05) is 6.21 Å². The Morgan fingerprint density at radius 2 is 1.47 bits per heavy atom. The third-order valence-corrected chi connectivity index (χ3v) is 1.50. The second-order valence-corrected chi connectivity index (χ2v) is 3.20. The minimum absolute atomic E-state index is 0.596. The Hall–Kier alpha value is -1.83. The molecular weight excluding hydrogens is 234 g/mol. The van der Waals surface area contributed by atoms with E-state index < -0.39 is 0 Å². The van der Waals surface area contributed by atoms with Gasteiger partial charge in [-0.3, -0.25) is 0 Å². The zero-order valence-electron chi connectivity index (χ0n) is 13.4. The van der Waals surface area contributed by atoms with Crippen molar-refractivity contribution in [2.75, 3.05) is 0 Å². The first kappa shape index (κ1) is 22.4. The van der Waals surface area contributed by atoms with Crippen LogP contribution in [0.2, 0.25) is 0 Å². The fourth-order valence-electron chi connectivity index (χ4n) is 0.557. The smallest absolute Gasteiger partial charge is 0.214 e. The normalized spacial score (nSPS) is 10.6. The molecule has 108 valence electrons. The molecule has 2 nitrogen and oxygen atoms in total. The first-order chi connectivity index (χ1) is 9.01. The zero-order chi connectivity index (χ0) is 15.7. The third-order valence-electron chi connectivity index (χ3n) is 1.50. The first-order valence-corrected chi connectivity index (χ1v) is 6.41. The largest absolute Gasteiger partial charge is 0.444 e. The SMILES string of the molecule is C=C(C)/C=N\C(=C/C)O/C(C)=C/C.C=CC=C.CC. The standard InChI is InChI=1S/C11H17NO.C4H6.C2H6/c1-6-10(5)13-11(7-2)12-8-9(3)4;1-3-4-2;1-2/h6-8H,3H2,1-2,4-5H3;3-4H,1-2H2;1-2H3/b10-6+,11-7+,12-8-;;. The Bertz CT molecular complexity index is 327. The van der Waals surface area contributed by atoms with Crippen LogP contribution in [0.1, 0.15) is 41.5 Å². The van der Waals surface area contributed by atoms with Gasteiger partial charge >= 0.3 is 0 Å². The van der Waals surface area contributed by atoms with E-state index in [1.54, 1.807) is 18.4 Å². The van der Waals surface area contributed by atoms with Crippen LogP contribution in [0.4, 0.5) is 0 Å². The summed E-state index contributed by atoms with van der Waals surface area (Å²) >= 11 is 0. The molecule has 0 fully saturated rings. The average Bonchev–Trinajstić information content (AvgIpc) is 2.45. The van der Waals surface area contributed by atoms with Crippen LogP contribution in [0, 0.1) is 0 Å². The van der Waals surface area contributed by atoms with Crippen molar-refractivity contribution < 1.29 is 4.74 Å². The van der Waals surface area contributed by atoms with Crippen molar-refractivity contribution in [3.8, 4) is 0 Å². The number of hydrogen-bond acceptors (Lipinski definition) is 2. The van der Waals surface area contributed by atoms with E-state index >= 15 is 0 Å². The molecule has 0 amide bonds. The fraction of sp³-hybridized carbons (Fsp3) is 0.353. The van der Waals surface area contributed by atoms with E-state index in [-0.39, 0.29) is 0 Å². The summed E-state index contributed by atoms with van der Waals surface area (Å²) in [5, 5.41) is 0. The molecule has 0 heterocycles. The lowest BCUT2D eigenvalue weighted by Gasteiger charge is -2.03. The zero-order valence-corrected chi connectivity index (χ0v) is 13.4. The molecule has 0 unspecified atom stereocenters. The summed E-state index contributed by atoms with van der Waals surface area (Å²) in [6.45, 7) is 22.0. The second-order valence-electron chi connectivity index (χ2n) is 3.20. The molecular formula is C17H29NO. The number of nitrogens with zero attached hydrogens (tertiary/aromatic N) is 1. The molecule has 0 aromatic heterocycles. The number of allylic oxidation sites excluding steroid dienone is 6. The maximum absolute atomic E-state index is 5.38. The molecule has 0 N–H and O–H groups in total. The first-order valence-electron chi connectivity index (χ1n) is 6.41. The highest BCUT2D eigenvalue weighted by Crippen LogP contribution is 2.06. The topological polar surface area (TPSA) is 21.6 Å². The van der Waals surface area contributed by atoms with Crippen molar-refractivity contribution >= 4 is 6.21 Å². The molecule has 0 aliphatic heterocycles. The van der Waals surface area contributed by atoms with Gasteiger partial charge in [0.2, 0.25) is 5.88 Å². The predicted octanol–water partition coefficient (Wildman–Crippen LogP) is 5.82. The third kappa shape index (κ3) is 21.9. The van der Waals surface area contributed by atoms with Crippen LogP contribution in [-0.4, -0.2) is 6.21 Å². The Labute approximate surface area is 119 Å². The van der Waals surface area contributed by atoms with E-state index in [9.17, 15) is 0 Å². The number of aliphatic imine (C=N–C) groups is 1. The van der Waals surface area contributed by atoms with E-state index in [4.69, 9.17) is 4.74 Å². The minimum atomic E-state index is 0.596. The quantitative estimate of drug-likeness (QED) is 0.348. The summed E-state index contributed by atoms with van der Waals surface area (Å²) in [5.41, 5.74) is 0.904. The van der Waals surface area contributed by atoms with Gasteiger partial charge in [0.1, 0.15) is 0 Å². The summed E-state index contributed by atoms with van der Waals surface area (Å²) in [6.07, 6.45) is 8.66. The molecule has 0 rings (SSSR count). The highest BCUT2D eigenvalue weighted by Gasteiger charge is 1.93. The molecule has 0 aromatic rings. The minimum Gasteiger partial charge on any atom is -0.444 e. The summed E-state index contributed by atoms with van der Waals surface area (Å²) in [6, 6.07) is 0. The van der Waals surface area contributed by atoms with Crippen molar-refractivity contribution in [1.82, 2.24) is 0 Å². The van der Waals surface area contributed by atoms with Crippen LogP contribution in [0.25, 0.3) is 0 Å². The van der Waals surface area contributed by atoms with Gasteiger partial charge in [-0.05, 0) is 45.4 Å². The maximum atomic E-state index is 5.38. The number of rotatable bonds is 5. The molecule has 2 heteroatoms. The van der Waals surface area contributed by atoms with Gasteiger partial charge in [0.15, 0.2) is 0 Å². The fourth-order valence-corrected chi connectivity index (χ4v) is 0.557. The maximum Gasteiger partial charge on any atom is 0.214 e. The Morgan fingerprint density at radius 1 is 1.00 bits per heavy atom. The van der Waals surface area contributed by atoms with Crippen LogP contribution >= 0.6 is 0 Å². The molecule has 0 saturated heterocycles. The molecule has 0 atom stereocenters. The average molecular weight is 263 g/mol. The van der Waals surface area contributed by atoms with Gasteiger partial charge in [-0.2, -0.15) is 0 Å². The van der Waals surface area contributed by atoms with Gasteiger partial charge in [-0.25, -0.2) is 4.99 Å². The number of ether oxygens (including phenoxy) is 1. The molecule has 19 heavy (non-hydrogen) atoms. The van der Waals surface area contributed by atoms with Gasteiger partial charge in [-0.1, -0.05) is 45.7 Å². The lowest BCUT2D eigenvalue weighted by molar-refractivity contribution is 0.303. The molecule has 0 aromatic carbocycles. The summed E-state index contributed by atoms with van der Waals surface area (Å²) in [5.74, 6) is 1.44. The van der Waals surface area contributed by atoms with Crippen LogP contribution in [0.5, 0.6) is 0 Å². The second kappa shape index (κ2) is 18.5. The number of hydrogen-bond donors (Lipinski definition) is 0. The van der Waals surface area contributed by atoms with Gasteiger partial charge in [0.05, 0.1) is 5.76 Å². The van der Waals surface area contributed by atoms with Crippen LogP contribution in [-0.2, 0) is 4.74 Å². The van der Waals surface area contributed by atoms with Crippen molar-refractivity contribution in [3.63, 3.8) is 0 Å². The van der Waals surface area contributed by atoms with Gasteiger partial charge in [-0.15, -0.1) is 0 Å². The van der Waals surface area contributed by atoms with E-state index in [1.165, 1.54) is 0 Å². The van der Waals surface area contributed by atoms with Crippen LogP contribution in [0.3, 0.4) is 0 Å². The lowest BCUT2D eigenvalue weighted by Crippen LogP contribution is -1.88. The van der Waals surface area contributed by atoms with Gasteiger partial charge < -0.3 is 4.74 Å². The highest BCUT2D eigenvalue weighted by atomic mass is 16.5. The summed E-state index contributed by atoms with van der Waals surface area (Å²) in [7, 11) is 0. The molecule has 0 bridgehead atoms. The predicted molar refractivity (Wildman–Crippen MR) is 89.3 cm³/mol. The monoisotopic (exact) mass is 263 g/mol. The van der Waals surface area contributed by atoms with Gasteiger partial charge in [0.25, 0.3) is 0 Å².